The van der Waals surface area contributed by atoms with E-state index in [1.165, 1.54) is 0 Å². The maximum absolute atomic E-state index is 13.2. The maximum atomic E-state index is 13.2. The van der Waals surface area contributed by atoms with E-state index in [1.807, 2.05) is 35.2 Å². The molecule has 0 bridgehead atoms. The molecule has 3 aromatic rings. The third kappa shape index (κ3) is 6.13. The molecule has 7 nitrogen and oxygen atoms in total. The monoisotopic (exact) mass is 575 g/mol. The second-order valence-corrected chi connectivity index (χ2v) is 14.2. The molecule has 5 rings (SSSR count). The number of piperidine rings is 1. The van der Waals surface area contributed by atoms with Gasteiger partial charge < -0.3 is 14.7 Å². The zero-order chi connectivity index (χ0) is 29.5. The van der Waals surface area contributed by atoms with Gasteiger partial charge in [-0.3, -0.25) is 9.69 Å². The molecule has 2 fully saturated rings. The average molecular weight is 576 g/mol. The van der Waals surface area contributed by atoms with Crippen LogP contribution >= 0.6 is 11.3 Å². The van der Waals surface area contributed by atoms with Crippen LogP contribution < -0.4 is 0 Å². The van der Waals surface area contributed by atoms with Gasteiger partial charge in [-0.1, -0.05) is 71.9 Å². The van der Waals surface area contributed by atoms with Crippen molar-refractivity contribution in [2.75, 3.05) is 26.2 Å². The van der Waals surface area contributed by atoms with Crippen molar-refractivity contribution >= 4 is 23.3 Å². The molecular formula is C33H41N3O4S. The Hall–Kier alpha value is -3.39. The summed E-state index contributed by atoms with van der Waals surface area (Å²) in [6, 6.07) is 13.6. The van der Waals surface area contributed by atoms with E-state index >= 15 is 0 Å². The first-order chi connectivity index (χ1) is 19.3. The normalized spacial score (nSPS) is 18.6. The number of ether oxygens (including phenoxy) is 1. The minimum atomic E-state index is -0.434. The zero-order valence-corrected chi connectivity index (χ0v) is 25.8. The summed E-state index contributed by atoms with van der Waals surface area (Å²) in [6.07, 6.45) is 1.23. The first-order valence-electron chi connectivity index (χ1n) is 14.4. The van der Waals surface area contributed by atoms with Crippen LogP contribution in [-0.4, -0.2) is 58.1 Å². The van der Waals surface area contributed by atoms with Gasteiger partial charge in [0.2, 0.25) is 5.91 Å². The fourth-order valence-electron chi connectivity index (χ4n) is 5.73. The molecule has 0 radical (unpaired) electrons. The summed E-state index contributed by atoms with van der Waals surface area (Å²) in [5.74, 6) is 0.614. The number of nitrogens with zero attached hydrogens (tertiary/aromatic N) is 3. The highest BCUT2D eigenvalue weighted by Gasteiger charge is 2.37. The van der Waals surface area contributed by atoms with Gasteiger partial charge in [-0.15, -0.1) is 11.3 Å². The lowest BCUT2D eigenvalue weighted by molar-refractivity contribution is -0.133. The Morgan fingerprint density at radius 2 is 1.63 bits per heavy atom. The molecule has 1 atom stereocenters. The molecule has 2 aliphatic heterocycles. The van der Waals surface area contributed by atoms with Gasteiger partial charge in [0.25, 0.3) is 0 Å². The number of cyclic esters (lactones) is 1. The molecule has 0 aliphatic carbocycles. The first kappa shape index (κ1) is 29.1. The highest BCUT2D eigenvalue weighted by Crippen LogP contribution is 2.43. The lowest BCUT2D eigenvalue weighted by Crippen LogP contribution is -2.44. The number of phenols is 1. The fraction of sp³-hybridized carbons (Fsp3) is 0.485. The van der Waals surface area contributed by atoms with Crippen molar-refractivity contribution in [1.82, 2.24) is 14.8 Å². The smallest absolute Gasteiger partial charge is 0.410 e. The zero-order valence-electron chi connectivity index (χ0n) is 24.9. The molecular weight excluding hydrogens is 534 g/mol. The summed E-state index contributed by atoms with van der Waals surface area (Å²) in [6.45, 7) is 14.3. The van der Waals surface area contributed by atoms with E-state index in [-0.39, 0.29) is 41.8 Å². The number of likely N-dealkylation sites (tertiary alicyclic amines) is 1. The Bertz CT molecular complexity index is 1380. The number of rotatable bonds is 5. The number of aromatic hydroxyl groups is 1. The summed E-state index contributed by atoms with van der Waals surface area (Å²) in [5.41, 5.74) is 4.38. The van der Waals surface area contributed by atoms with Gasteiger partial charge in [0.05, 0.1) is 16.7 Å². The number of amides is 2. The molecule has 8 heteroatoms. The lowest BCUT2D eigenvalue weighted by atomic mass is 9.78. The van der Waals surface area contributed by atoms with E-state index in [0.717, 1.165) is 45.8 Å². The van der Waals surface area contributed by atoms with Crippen molar-refractivity contribution in [2.45, 2.75) is 77.2 Å². The van der Waals surface area contributed by atoms with Gasteiger partial charge >= 0.3 is 6.09 Å². The van der Waals surface area contributed by atoms with Crippen molar-refractivity contribution < 1.29 is 19.4 Å². The standard InChI is InChI=1S/C33H41N3O4S/c1-32(2,3)24-16-23(17-25(29(24)38)33(4,5)6)26-20-41-30(34-26)22-12-14-35(15-13-22)28(37)18-36-27(19-40-31(36)39)21-10-8-7-9-11-21/h7-11,16-17,20,22,27,38H,12-15,18-19H2,1-6H3. The third-order valence-electron chi connectivity index (χ3n) is 8.21. The molecule has 0 spiro atoms. The number of carbonyl (C=O) groups excluding carboxylic acids is 2. The molecule has 0 saturated carbocycles. The Morgan fingerprint density at radius 3 is 2.22 bits per heavy atom. The Morgan fingerprint density at radius 1 is 1.02 bits per heavy atom. The number of hydrogen-bond donors (Lipinski definition) is 1. The highest BCUT2D eigenvalue weighted by atomic mass is 32.1. The number of carbonyl (C=O) groups is 2. The number of aromatic nitrogens is 1. The summed E-state index contributed by atoms with van der Waals surface area (Å²) >= 11 is 1.67. The van der Waals surface area contributed by atoms with Crippen LogP contribution in [0.5, 0.6) is 5.75 Å². The molecule has 2 amide bonds. The van der Waals surface area contributed by atoms with Gasteiger partial charge in [-0.2, -0.15) is 0 Å². The van der Waals surface area contributed by atoms with Gasteiger partial charge in [0.1, 0.15) is 18.9 Å². The van der Waals surface area contributed by atoms with Crippen LogP contribution in [0.15, 0.2) is 47.8 Å². The second kappa shape index (κ2) is 11.1. The lowest BCUT2D eigenvalue weighted by Gasteiger charge is -2.32. The molecule has 1 unspecified atom stereocenters. The van der Waals surface area contributed by atoms with Crippen LogP contribution in [0.4, 0.5) is 4.79 Å². The molecule has 2 saturated heterocycles. The molecule has 2 aromatic carbocycles. The molecule has 1 aromatic heterocycles. The van der Waals surface area contributed by atoms with Crippen molar-refractivity contribution in [3.8, 4) is 17.0 Å². The number of phenolic OH excluding ortho intramolecular Hbond substituents is 1. The topological polar surface area (TPSA) is 83.0 Å². The van der Waals surface area contributed by atoms with Crippen LogP contribution in [0.2, 0.25) is 0 Å². The quantitative estimate of drug-likeness (QED) is 0.354. The van der Waals surface area contributed by atoms with Gasteiger partial charge in [-0.05, 0) is 41.4 Å². The Labute approximate surface area is 247 Å². The summed E-state index contributed by atoms with van der Waals surface area (Å²) in [7, 11) is 0. The van der Waals surface area contributed by atoms with E-state index in [1.54, 1.807) is 16.2 Å². The number of thiazole rings is 1. The largest absolute Gasteiger partial charge is 0.507 e. The SMILES string of the molecule is CC(C)(C)c1cc(-c2csc(C3CCN(C(=O)CN4C(=O)OCC4c4ccccc4)CC3)n2)cc(C(C)(C)C)c1O. The van der Waals surface area contributed by atoms with Crippen molar-refractivity contribution in [3.63, 3.8) is 0 Å². The second-order valence-electron chi connectivity index (χ2n) is 13.3. The van der Waals surface area contributed by atoms with Crippen LogP contribution in [0.1, 0.15) is 88.0 Å². The van der Waals surface area contributed by atoms with Crippen molar-refractivity contribution in [1.29, 1.82) is 0 Å². The van der Waals surface area contributed by atoms with Crippen molar-refractivity contribution in [2.24, 2.45) is 0 Å². The van der Waals surface area contributed by atoms with E-state index in [2.05, 4.69) is 59.1 Å². The van der Waals surface area contributed by atoms with Crippen LogP contribution in [0.25, 0.3) is 11.3 Å². The van der Waals surface area contributed by atoms with E-state index in [4.69, 9.17) is 9.72 Å². The number of hydrogen-bond acceptors (Lipinski definition) is 6. The van der Waals surface area contributed by atoms with Gasteiger partial charge in [0, 0.05) is 41.1 Å². The highest BCUT2D eigenvalue weighted by molar-refractivity contribution is 7.10. The van der Waals surface area contributed by atoms with E-state index in [9.17, 15) is 14.7 Å². The van der Waals surface area contributed by atoms with E-state index in [0.29, 0.717) is 18.8 Å². The molecule has 1 N–H and O–H groups in total. The average Bonchev–Trinajstić information content (AvgIpc) is 3.55. The minimum absolute atomic E-state index is 0.0253. The van der Waals surface area contributed by atoms with Gasteiger partial charge in [-0.25, -0.2) is 9.78 Å². The van der Waals surface area contributed by atoms with E-state index < -0.39 is 6.09 Å². The molecule has 41 heavy (non-hydrogen) atoms. The fourth-order valence-corrected chi connectivity index (χ4v) is 6.73. The van der Waals surface area contributed by atoms with Gasteiger partial charge in [0.15, 0.2) is 0 Å². The molecule has 3 heterocycles. The predicted octanol–water partition coefficient (Wildman–Crippen LogP) is 7.01. The molecule has 218 valence electrons. The maximum Gasteiger partial charge on any atom is 0.410 e. The number of benzene rings is 2. The summed E-state index contributed by atoms with van der Waals surface area (Å²) < 4.78 is 5.29. The first-order valence-corrected chi connectivity index (χ1v) is 15.3. The van der Waals surface area contributed by atoms with Crippen molar-refractivity contribution in [3.05, 3.63) is 69.5 Å². The Balaban J connectivity index is 1.26. The summed E-state index contributed by atoms with van der Waals surface area (Å²) in [4.78, 5) is 34.1. The third-order valence-corrected chi connectivity index (χ3v) is 9.21. The van der Waals surface area contributed by atoms with Crippen LogP contribution in [0.3, 0.4) is 0 Å². The summed E-state index contributed by atoms with van der Waals surface area (Å²) in [5, 5.41) is 14.3. The molecule has 2 aliphatic rings. The minimum Gasteiger partial charge on any atom is -0.507 e. The predicted molar refractivity (Wildman–Crippen MR) is 162 cm³/mol. The van der Waals surface area contributed by atoms with Crippen LogP contribution in [0, 0.1) is 0 Å². The van der Waals surface area contributed by atoms with Crippen LogP contribution in [-0.2, 0) is 20.4 Å². The Kier molecular flexibility index (Phi) is 7.90.